The van der Waals surface area contributed by atoms with E-state index >= 15 is 0 Å². The van der Waals surface area contributed by atoms with Crippen molar-refractivity contribution >= 4 is 92.8 Å². The molecule has 6 rings (SSSR count). The van der Waals surface area contributed by atoms with Gasteiger partial charge in [-0.2, -0.15) is 31.9 Å². The second-order valence-corrected chi connectivity index (χ2v) is 23.8. The number of hydrogen-bond donors (Lipinski definition) is 8. The molecule has 5 heterocycles. The fourth-order valence-electron chi connectivity index (χ4n) is 9.58. The third-order valence-corrected chi connectivity index (χ3v) is 17.6. The van der Waals surface area contributed by atoms with Crippen LogP contribution in [-0.4, -0.2) is 188 Å². The zero-order valence-electron chi connectivity index (χ0n) is 43.5. The van der Waals surface area contributed by atoms with Crippen molar-refractivity contribution in [1.82, 2.24) is 42.3 Å². The molecular weight excluding hydrogens is 1080 g/mol. The third kappa shape index (κ3) is 20.4. The fraction of sp³-hybridized carbons (Fsp3) is 0.680. The topological polar surface area (TPSA) is 349 Å². The number of nitrogens with zero attached hydrogens (tertiary/aromatic N) is 1. The predicted molar refractivity (Wildman–Crippen MR) is 284 cm³/mol. The molecule has 0 saturated carbocycles. The number of hydroxylamine groups is 2. The first-order valence-electron chi connectivity index (χ1n) is 26.6. The Bertz CT molecular complexity index is 2330. The SMILES string of the molecule is O=C(CCCNC(=O)CCCCC1SCC2NC(=O)NC21)Cc1cc(CC(=O)CCCNC(=O)CCCCC2SCC3NC(=O)NC32)cc(C(=O)NCCOCCOCCOCCC(=O)ON2C(=O)CC(S(=O)(=O)O)C2=O)c1. The molecule has 0 radical (unpaired) electrons. The molecule has 5 aliphatic rings. The van der Waals surface area contributed by atoms with Gasteiger partial charge in [0.15, 0.2) is 5.25 Å². The smallest absolute Gasteiger partial charge is 0.335 e. The van der Waals surface area contributed by atoms with Crippen LogP contribution in [0.5, 0.6) is 0 Å². The van der Waals surface area contributed by atoms with Gasteiger partial charge in [0.1, 0.15) is 11.6 Å². The van der Waals surface area contributed by atoms with Gasteiger partial charge in [0.2, 0.25) is 11.8 Å². The van der Waals surface area contributed by atoms with Gasteiger partial charge < -0.3 is 56.3 Å². The molecule has 1 aromatic carbocycles. The zero-order chi connectivity index (χ0) is 56.0. The van der Waals surface area contributed by atoms with Gasteiger partial charge in [-0.15, -0.1) is 5.06 Å². The van der Waals surface area contributed by atoms with Gasteiger partial charge in [-0.1, -0.05) is 18.9 Å². The Morgan fingerprint density at radius 3 is 1.60 bits per heavy atom. The maximum atomic E-state index is 13.4. The number of hydrogen-bond acceptors (Lipinski definition) is 18. The molecule has 0 aromatic heterocycles. The molecular formula is C50H72N8O17S3. The number of amides is 9. The molecule has 5 aliphatic heterocycles. The number of benzene rings is 1. The summed E-state index contributed by atoms with van der Waals surface area (Å²) >= 11 is 3.68. The van der Waals surface area contributed by atoms with E-state index in [2.05, 4.69) is 42.1 Å². The first kappa shape index (κ1) is 61.8. The number of Topliss-reactive ketones (excluding diaryl/α,β-unsaturated/α-hetero) is 2. The van der Waals surface area contributed by atoms with E-state index in [4.69, 9.17) is 18.8 Å². The Hall–Kier alpha value is -5.39. The summed E-state index contributed by atoms with van der Waals surface area (Å²) in [6.45, 7) is 1.31. The Morgan fingerprint density at radius 1 is 0.603 bits per heavy atom. The number of unbranched alkanes of at least 4 members (excludes halogenated alkanes) is 2. The van der Waals surface area contributed by atoms with E-state index in [1.54, 1.807) is 18.2 Å². The van der Waals surface area contributed by atoms with Crippen molar-refractivity contribution in [3.63, 3.8) is 0 Å². The normalized spacial score (nSPS) is 22.3. The molecule has 432 valence electrons. The van der Waals surface area contributed by atoms with Crippen LogP contribution >= 0.6 is 23.5 Å². The van der Waals surface area contributed by atoms with Gasteiger partial charge in [0.05, 0.1) is 76.7 Å². The Morgan fingerprint density at radius 2 is 1.10 bits per heavy atom. The Labute approximate surface area is 461 Å². The Balaban J connectivity index is 0.855. The van der Waals surface area contributed by atoms with E-state index in [1.165, 1.54) is 0 Å². The Kier molecular flexibility index (Phi) is 24.9. The minimum Gasteiger partial charge on any atom is -0.378 e. The second kappa shape index (κ2) is 31.4. The molecule has 0 spiro atoms. The first-order chi connectivity index (χ1) is 37.4. The highest BCUT2D eigenvalue weighted by Gasteiger charge is 2.48. The lowest BCUT2D eigenvalue weighted by molar-refractivity contribution is -0.198. The summed E-state index contributed by atoms with van der Waals surface area (Å²) in [5.41, 5.74) is 1.38. The molecule has 9 amide bonds. The minimum absolute atomic E-state index is 0.0136. The van der Waals surface area contributed by atoms with Crippen LogP contribution in [0.3, 0.4) is 0 Å². The van der Waals surface area contributed by atoms with Crippen LogP contribution in [0.15, 0.2) is 18.2 Å². The number of imide groups is 1. The van der Waals surface area contributed by atoms with E-state index in [-0.39, 0.29) is 149 Å². The summed E-state index contributed by atoms with van der Waals surface area (Å²) in [6.07, 6.45) is 5.79. The average Bonchev–Trinajstić information content (AvgIpc) is 4.28. The van der Waals surface area contributed by atoms with E-state index in [9.17, 15) is 56.4 Å². The predicted octanol–water partition coefficient (Wildman–Crippen LogP) is 0.797. The highest BCUT2D eigenvalue weighted by atomic mass is 32.2. The van der Waals surface area contributed by atoms with E-state index in [0.29, 0.717) is 60.4 Å². The van der Waals surface area contributed by atoms with Gasteiger partial charge in [0, 0.05) is 85.7 Å². The number of carbonyl (C=O) groups is 10. The quantitative estimate of drug-likeness (QED) is 0.0198. The van der Waals surface area contributed by atoms with Crippen LogP contribution in [0.1, 0.15) is 111 Å². The summed E-state index contributed by atoms with van der Waals surface area (Å²) in [5, 5.41) is 19.1. The van der Waals surface area contributed by atoms with Crippen LogP contribution in [-0.2, 0) is 75.6 Å². The number of rotatable bonds is 37. The largest absolute Gasteiger partial charge is 0.378 e. The van der Waals surface area contributed by atoms with E-state index < -0.39 is 45.5 Å². The van der Waals surface area contributed by atoms with Crippen molar-refractivity contribution in [3.8, 4) is 0 Å². The molecule has 7 unspecified atom stereocenters. The molecule has 7 atom stereocenters. The lowest BCUT2D eigenvalue weighted by Crippen LogP contribution is -2.36. The van der Waals surface area contributed by atoms with E-state index in [0.717, 1.165) is 50.0 Å². The summed E-state index contributed by atoms with van der Waals surface area (Å²) in [6, 6.07) is 5.31. The molecule has 28 heteroatoms. The number of ether oxygens (including phenoxy) is 3. The van der Waals surface area contributed by atoms with Crippen LogP contribution in [0.25, 0.3) is 0 Å². The van der Waals surface area contributed by atoms with Crippen molar-refractivity contribution in [1.29, 1.82) is 0 Å². The van der Waals surface area contributed by atoms with Gasteiger partial charge in [-0.3, -0.25) is 38.1 Å². The molecule has 8 N–H and O–H groups in total. The number of thioether (sulfide) groups is 2. The average molecular weight is 1150 g/mol. The summed E-state index contributed by atoms with van der Waals surface area (Å²) in [5.74, 6) is -2.52. The van der Waals surface area contributed by atoms with Crippen molar-refractivity contribution < 1.29 is 80.0 Å². The van der Waals surface area contributed by atoms with Gasteiger partial charge in [-0.25, -0.2) is 14.4 Å². The highest BCUT2D eigenvalue weighted by Crippen LogP contribution is 2.34. The summed E-state index contributed by atoms with van der Waals surface area (Å²) < 4.78 is 47.8. The molecule has 25 nitrogen and oxygen atoms in total. The van der Waals surface area contributed by atoms with Gasteiger partial charge in [0.25, 0.3) is 27.8 Å². The maximum absolute atomic E-state index is 13.4. The number of carbonyl (C=O) groups excluding carboxylic acids is 10. The molecule has 5 saturated heterocycles. The van der Waals surface area contributed by atoms with E-state index in [1.807, 2.05) is 23.5 Å². The number of ketones is 2. The molecule has 0 aliphatic carbocycles. The van der Waals surface area contributed by atoms with Crippen molar-refractivity contribution in [2.24, 2.45) is 0 Å². The molecule has 1 aromatic rings. The standard InChI is InChI=1S/C50H72N8O17S3/c59-34(7-5-14-51-41(61)11-3-1-9-38-45-36(29-76-38)54-49(67)56-45)26-31-23-32(27-35(60)8-6-15-52-42(62)12-4-2-10-39-46-37(30-77-39)55-50(68)57-46)25-33(24-31)47(65)53-16-18-73-20-22-74-21-19-72-17-13-44(64)75-58-43(63)28-40(48(58)66)78(69,70)71/h23-25,36-40,45-46H,1-22,26-30H2,(H,51,61)(H,52,62)(H,53,65)(H2,54,56,67)(H2,55,57,68)(H,69,70,71). The number of nitrogens with one attached hydrogen (secondary N) is 7. The molecule has 0 bridgehead atoms. The fourth-order valence-corrected chi connectivity index (χ4v) is 13.4. The maximum Gasteiger partial charge on any atom is 0.335 e. The monoisotopic (exact) mass is 1150 g/mol. The third-order valence-electron chi connectivity index (χ3n) is 13.5. The van der Waals surface area contributed by atoms with Gasteiger partial charge >= 0.3 is 18.0 Å². The van der Waals surface area contributed by atoms with Crippen molar-refractivity contribution in [2.45, 2.75) is 143 Å². The first-order valence-corrected chi connectivity index (χ1v) is 30.2. The van der Waals surface area contributed by atoms with Crippen LogP contribution < -0.4 is 37.2 Å². The van der Waals surface area contributed by atoms with Crippen LogP contribution in [0.2, 0.25) is 0 Å². The molecule has 5 fully saturated rings. The molecule has 78 heavy (non-hydrogen) atoms. The van der Waals surface area contributed by atoms with Crippen molar-refractivity contribution in [2.75, 3.05) is 70.8 Å². The summed E-state index contributed by atoms with van der Waals surface area (Å²) in [7, 11) is -4.84. The second-order valence-electron chi connectivity index (χ2n) is 19.7. The van der Waals surface area contributed by atoms with Crippen LogP contribution in [0, 0.1) is 0 Å². The number of fused-ring (bicyclic) bond motifs is 2. The van der Waals surface area contributed by atoms with Gasteiger partial charge in [-0.05, 0) is 61.8 Å². The number of urea groups is 2. The van der Waals surface area contributed by atoms with Crippen molar-refractivity contribution in [3.05, 3.63) is 34.9 Å². The van der Waals surface area contributed by atoms with Crippen LogP contribution in [0.4, 0.5) is 9.59 Å². The highest BCUT2D eigenvalue weighted by molar-refractivity contribution is 8.00. The summed E-state index contributed by atoms with van der Waals surface area (Å²) in [4.78, 5) is 129. The lowest BCUT2D eigenvalue weighted by Gasteiger charge is -2.16. The lowest BCUT2D eigenvalue weighted by atomic mass is 9.96. The minimum atomic E-state index is -4.84. The zero-order valence-corrected chi connectivity index (χ0v) is 46.0.